The van der Waals surface area contributed by atoms with Crippen LogP contribution in [0.1, 0.15) is 40.5 Å². The molecule has 0 aliphatic heterocycles. The molecule has 0 amide bonds. The lowest BCUT2D eigenvalue weighted by atomic mass is 9.62. The van der Waals surface area contributed by atoms with E-state index in [1.165, 1.54) is 6.08 Å². The van der Waals surface area contributed by atoms with Crippen LogP contribution in [-0.4, -0.2) is 15.9 Å². The monoisotopic (exact) mass is 283 g/mol. The number of hydrogen-bond acceptors (Lipinski definition) is 5. The van der Waals surface area contributed by atoms with E-state index in [4.69, 9.17) is 5.73 Å². The van der Waals surface area contributed by atoms with Crippen molar-refractivity contribution in [3.05, 3.63) is 43.3 Å². The Morgan fingerprint density at radius 1 is 1.35 bits per heavy atom. The average molecular weight is 283 g/mol. The summed E-state index contributed by atoms with van der Waals surface area (Å²) < 4.78 is 0. The molecule has 1 aliphatic carbocycles. The van der Waals surface area contributed by atoms with Gasteiger partial charge in [0.1, 0.15) is 0 Å². The summed E-state index contributed by atoms with van der Waals surface area (Å²) in [7, 11) is 0. The second-order valence-electron chi connectivity index (χ2n) is 5.41. The van der Waals surface area contributed by atoms with Gasteiger partial charge in [-0.1, -0.05) is 32.3 Å². The van der Waals surface area contributed by atoms with Gasteiger partial charge in [0.05, 0.1) is 10.3 Å². The maximum Gasteiger partial charge on any atom is 0.295 e. The van der Waals surface area contributed by atoms with Crippen LogP contribution in [0.4, 0.5) is 0 Å². The van der Waals surface area contributed by atoms with E-state index in [1.807, 2.05) is 13.8 Å². The molecule has 0 fully saturated rings. The number of allylic oxidation sites excluding steroid dienone is 1. The van der Waals surface area contributed by atoms with Gasteiger partial charge >= 0.3 is 0 Å². The van der Waals surface area contributed by atoms with Crippen LogP contribution in [0.25, 0.3) is 0 Å². The molecule has 0 radical (unpaired) electrons. The van der Waals surface area contributed by atoms with Crippen molar-refractivity contribution in [1.82, 2.24) is 0 Å². The Labute approximate surface area is 117 Å². The second-order valence-corrected chi connectivity index (χ2v) is 5.41. The van der Waals surface area contributed by atoms with Crippen LogP contribution in [0, 0.1) is 31.6 Å². The minimum absolute atomic E-state index is 0.0426. The zero-order valence-electron chi connectivity index (χ0n) is 12.3. The van der Waals surface area contributed by atoms with Crippen molar-refractivity contribution in [3.63, 3.8) is 0 Å². The highest BCUT2D eigenvalue weighted by atomic mass is 16.6. The highest BCUT2D eigenvalue weighted by Crippen LogP contribution is 2.48. The molecule has 0 bridgehead atoms. The van der Waals surface area contributed by atoms with Crippen molar-refractivity contribution >= 4 is 0 Å². The zero-order chi connectivity index (χ0) is 15.7. The SMILES string of the molecule is CCC(CC)C1(C)C(C)=CC([N+](=O)[O-])=C(N)C1[N+](=O)[O-]. The first-order chi connectivity index (χ1) is 9.21. The third-order valence-corrected chi connectivity index (χ3v) is 4.60. The molecule has 20 heavy (non-hydrogen) atoms. The first-order valence-corrected chi connectivity index (χ1v) is 6.67. The smallest absolute Gasteiger partial charge is 0.295 e. The molecule has 0 saturated carbocycles. The van der Waals surface area contributed by atoms with E-state index in [2.05, 4.69) is 0 Å². The minimum Gasteiger partial charge on any atom is -0.391 e. The van der Waals surface area contributed by atoms with Gasteiger partial charge in [-0.15, -0.1) is 0 Å². The largest absolute Gasteiger partial charge is 0.391 e. The molecule has 112 valence electrons. The average Bonchev–Trinajstić information content (AvgIpc) is 2.34. The first kappa shape index (κ1) is 16.1. The maximum absolute atomic E-state index is 11.5. The zero-order valence-corrected chi connectivity index (χ0v) is 12.3. The van der Waals surface area contributed by atoms with Crippen molar-refractivity contribution < 1.29 is 9.85 Å². The van der Waals surface area contributed by atoms with Crippen LogP contribution in [0.2, 0.25) is 0 Å². The Kier molecular flexibility index (Phi) is 4.52. The Morgan fingerprint density at radius 3 is 2.20 bits per heavy atom. The molecule has 0 spiro atoms. The normalized spacial score (nSPS) is 26.6. The minimum atomic E-state index is -1.25. The summed E-state index contributed by atoms with van der Waals surface area (Å²) in [6, 6.07) is -1.25. The first-order valence-electron chi connectivity index (χ1n) is 6.67. The Hall–Kier alpha value is -1.92. The summed E-state index contributed by atoms with van der Waals surface area (Å²) in [5.74, 6) is 0.0426. The fraction of sp³-hybridized carbons (Fsp3) is 0.692. The summed E-state index contributed by atoms with van der Waals surface area (Å²) >= 11 is 0. The standard InChI is InChI=1S/C13H21N3O4/c1-5-9(6-2)13(4)8(3)7-10(15(17)18)11(14)12(13)16(19)20/h7,9,12H,5-6,14H2,1-4H3. The van der Waals surface area contributed by atoms with Gasteiger partial charge in [-0.3, -0.25) is 20.2 Å². The van der Waals surface area contributed by atoms with E-state index in [-0.39, 0.29) is 17.3 Å². The molecule has 0 heterocycles. The number of hydrogen-bond donors (Lipinski definition) is 1. The molecule has 0 saturated heterocycles. The fourth-order valence-corrected chi connectivity index (χ4v) is 3.30. The van der Waals surface area contributed by atoms with Crippen LogP contribution in [-0.2, 0) is 0 Å². The molecule has 2 unspecified atom stereocenters. The third-order valence-electron chi connectivity index (χ3n) is 4.60. The molecule has 1 aliphatic rings. The van der Waals surface area contributed by atoms with Crippen LogP contribution in [0.5, 0.6) is 0 Å². The molecule has 7 heteroatoms. The van der Waals surface area contributed by atoms with Gasteiger partial charge in [-0.05, 0) is 19.8 Å². The van der Waals surface area contributed by atoms with Crippen molar-refractivity contribution in [3.8, 4) is 0 Å². The van der Waals surface area contributed by atoms with Gasteiger partial charge in [0.25, 0.3) is 11.7 Å². The molecule has 2 atom stereocenters. The van der Waals surface area contributed by atoms with E-state index in [0.29, 0.717) is 5.57 Å². The lowest BCUT2D eigenvalue weighted by Crippen LogP contribution is -2.50. The lowest BCUT2D eigenvalue weighted by molar-refractivity contribution is -0.534. The molecule has 7 nitrogen and oxygen atoms in total. The predicted molar refractivity (Wildman–Crippen MR) is 74.9 cm³/mol. The highest BCUT2D eigenvalue weighted by molar-refractivity contribution is 5.36. The van der Waals surface area contributed by atoms with E-state index in [9.17, 15) is 20.2 Å². The van der Waals surface area contributed by atoms with Crippen LogP contribution in [0.3, 0.4) is 0 Å². The summed E-state index contributed by atoms with van der Waals surface area (Å²) in [6.45, 7) is 7.43. The van der Waals surface area contributed by atoms with E-state index < -0.39 is 21.3 Å². The molecule has 0 aromatic rings. The van der Waals surface area contributed by atoms with Gasteiger partial charge in [-0.2, -0.15) is 0 Å². The summed E-state index contributed by atoms with van der Waals surface area (Å²) in [6.07, 6.45) is 2.89. The third kappa shape index (κ3) is 2.28. The number of rotatable bonds is 5. The summed E-state index contributed by atoms with van der Waals surface area (Å²) in [5, 5.41) is 22.5. The van der Waals surface area contributed by atoms with Gasteiger partial charge < -0.3 is 5.73 Å². The maximum atomic E-state index is 11.5. The van der Waals surface area contributed by atoms with E-state index >= 15 is 0 Å². The van der Waals surface area contributed by atoms with Gasteiger partial charge in [0.15, 0.2) is 5.70 Å². The summed E-state index contributed by atoms with van der Waals surface area (Å²) in [5.41, 5.74) is 5.01. The predicted octanol–water partition coefficient (Wildman–Crippen LogP) is 2.48. The quantitative estimate of drug-likeness (QED) is 0.615. The van der Waals surface area contributed by atoms with Gasteiger partial charge in [0, 0.05) is 11.0 Å². The summed E-state index contributed by atoms with van der Waals surface area (Å²) in [4.78, 5) is 21.3. The van der Waals surface area contributed by atoms with Crippen molar-refractivity contribution in [2.75, 3.05) is 0 Å². The number of nitrogens with two attached hydrogens (primary N) is 1. The molecule has 0 aromatic carbocycles. The van der Waals surface area contributed by atoms with Crippen LogP contribution in [0.15, 0.2) is 23.0 Å². The number of nitrogens with zero attached hydrogens (tertiary/aromatic N) is 2. The molecular weight excluding hydrogens is 262 g/mol. The Morgan fingerprint density at radius 2 is 1.85 bits per heavy atom. The second kappa shape index (κ2) is 5.60. The van der Waals surface area contributed by atoms with Crippen LogP contribution >= 0.6 is 0 Å². The van der Waals surface area contributed by atoms with Crippen LogP contribution < -0.4 is 5.73 Å². The van der Waals surface area contributed by atoms with Crippen molar-refractivity contribution in [2.45, 2.75) is 46.6 Å². The number of nitro groups is 2. The Balaban J connectivity index is 3.53. The topological polar surface area (TPSA) is 112 Å². The molecule has 2 N–H and O–H groups in total. The van der Waals surface area contributed by atoms with Crippen molar-refractivity contribution in [2.24, 2.45) is 17.1 Å². The van der Waals surface area contributed by atoms with E-state index in [0.717, 1.165) is 12.8 Å². The Bertz CT molecular complexity index is 494. The highest BCUT2D eigenvalue weighted by Gasteiger charge is 2.54. The van der Waals surface area contributed by atoms with E-state index in [1.54, 1.807) is 13.8 Å². The van der Waals surface area contributed by atoms with Gasteiger partial charge in [-0.25, -0.2) is 0 Å². The molecule has 1 rings (SSSR count). The lowest BCUT2D eigenvalue weighted by Gasteiger charge is -2.41. The van der Waals surface area contributed by atoms with Crippen molar-refractivity contribution in [1.29, 1.82) is 0 Å². The molecule has 0 aromatic heterocycles. The fourth-order valence-electron chi connectivity index (χ4n) is 3.30. The van der Waals surface area contributed by atoms with Gasteiger partial charge in [0.2, 0.25) is 0 Å². The molecular formula is C13H21N3O4.